The van der Waals surface area contributed by atoms with Crippen molar-refractivity contribution in [3.63, 3.8) is 0 Å². The number of para-hydroxylation sites is 1. The van der Waals surface area contributed by atoms with E-state index in [1.165, 1.54) is 5.56 Å². The van der Waals surface area contributed by atoms with Crippen LogP contribution in [0.1, 0.15) is 35.3 Å². The first-order valence-corrected chi connectivity index (χ1v) is 13.6. The molecule has 3 aromatic rings. The fourth-order valence-electron chi connectivity index (χ4n) is 6.33. The first kappa shape index (κ1) is 24.0. The molecule has 0 N–H and O–H groups in total. The standard InChI is InChI=1S/C31H36N4O2/c1-32-27-12-6-5-11-25(27)22-28(32)30(37)34-16-13-31(14-17-34)23-26(31)29(36)35-20-18-33(19-21-35)15-7-10-24-8-3-2-4-9-24/h2-12,22,26H,13-21,23H2,1H3/b10-7+/t26-/m0/s1. The molecule has 2 aromatic carbocycles. The maximum atomic E-state index is 13.3. The van der Waals surface area contributed by atoms with Gasteiger partial charge in [-0.15, -0.1) is 0 Å². The number of likely N-dealkylation sites (tertiary alicyclic amines) is 1. The van der Waals surface area contributed by atoms with E-state index in [2.05, 4.69) is 58.4 Å². The van der Waals surface area contributed by atoms with Gasteiger partial charge in [-0.05, 0) is 42.4 Å². The SMILES string of the molecule is Cn1c(C(=O)N2CCC3(CC2)C[C@H]3C(=O)N2CCN(C/C=C/c3ccccc3)CC2)cc2ccccc21. The van der Waals surface area contributed by atoms with Crippen LogP contribution in [0.25, 0.3) is 17.0 Å². The van der Waals surface area contributed by atoms with E-state index in [0.29, 0.717) is 5.91 Å². The van der Waals surface area contributed by atoms with Crippen molar-refractivity contribution in [3.8, 4) is 0 Å². The highest BCUT2D eigenvalue weighted by Gasteiger charge is 2.59. The van der Waals surface area contributed by atoms with E-state index < -0.39 is 0 Å². The number of hydrogen-bond acceptors (Lipinski definition) is 3. The molecule has 3 aliphatic rings. The quantitative estimate of drug-likeness (QED) is 0.530. The lowest BCUT2D eigenvalue weighted by atomic mass is 9.90. The van der Waals surface area contributed by atoms with Crippen molar-refractivity contribution in [1.82, 2.24) is 19.3 Å². The molecular weight excluding hydrogens is 460 g/mol. The van der Waals surface area contributed by atoms with E-state index in [9.17, 15) is 9.59 Å². The molecule has 1 spiro atoms. The minimum atomic E-state index is 0.106. The third kappa shape index (κ3) is 4.71. The van der Waals surface area contributed by atoms with Gasteiger partial charge < -0.3 is 14.4 Å². The Bertz CT molecular complexity index is 1310. The van der Waals surface area contributed by atoms with Crippen LogP contribution in [0.15, 0.2) is 66.7 Å². The average Bonchev–Trinajstić information content (AvgIpc) is 3.53. The van der Waals surface area contributed by atoms with E-state index in [1.807, 2.05) is 40.8 Å². The highest BCUT2D eigenvalue weighted by molar-refractivity contribution is 5.98. The number of rotatable bonds is 5. The van der Waals surface area contributed by atoms with Crippen molar-refractivity contribution >= 4 is 28.8 Å². The number of nitrogens with zero attached hydrogens (tertiary/aromatic N) is 4. The second-order valence-electron chi connectivity index (χ2n) is 11.0. The Balaban J connectivity index is 0.984. The number of benzene rings is 2. The van der Waals surface area contributed by atoms with Crippen LogP contribution in [0.2, 0.25) is 0 Å². The van der Waals surface area contributed by atoms with Crippen LogP contribution in [0.5, 0.6) is 0 Å². The predicted octanol–water partition coefficient (Wildman–Crippen LogP) is 4.28. The average molecular weight is 497 g/mol. The zero-order valence-corrected chi connectivity index (χ0v) is 21.7. The number of carbonyl (C=O) groups is 2. The lowest BCUT2D eigenvalue weighted by Crippen LogP contribution is -2.49. The highest BCUT2D eigenvalue weighted by Crippen LogP contribution is 2.60. The summed E-state index contributed by atoms with van der Waals surface area (Å²) in [5, 5.41) is 1.10. The number of amides is 2. The largest absolute Gasteiger partial charge is 0.340 e. The van der Waals surface area contributed by atoms with Crippen LogP contribution in [0.4, 0.5) is 0 Å². The van der Waals surface area contributed by atoms with Crippen LogP contribution in [0, 0.1) is 11.3 Å². The fourth-order valence-corrected chi connectivity index (χ4v) is 6.33. The molecule has 0 radical (unpaired) electrons. The van der Waals surface area contributed by atoms with Crippen molar-refractivity contribution in [2.45, 2.75) is 19.3 Å². The summed E-state index contributed by atoms with van der Waals surface area (Å²) in [5.41, 5.74) is 3.17. The molecule has 6 nitrogen and oxygen atoms in total. The van der Waals surface area contributed by atoms with Gasteiger partial charge >= 0.3 is 0 Å². The minimum absolute atomic E-state index is 0.106. The zero-order chi connectivity index (χ0) is 25.4. The molecule has 1 aromatic heterocycles. The molecular formula is C31H36N4O2. The molecule has 1 atom stereocenters. The second kappa shape index (κ2) is 9.82. The number of hydrogen-bond donors (Lipinski definition) is 0. The molecule has 3 fully saturated rings. The summed E-state index contributed by atoms with van der Waals surface area (Å²) in [6.45, 7) is 5.89. The molecule has 3 heterocycles. The summed E-state index contributed by atoms with van der Waals surface area (Å²) in [5.74, 6) is 0.592. The first-order chi connectivity index (χ1) is 18.0. The molecule has 1 aliphatic carbocycles. The van der Waals surface area contributed by atoms with Crippen molar-refractivity contribution in [3.05, 3.63) is 78.0 Å². The van der Waals surface area contributed by atoms with Crippen LogP contribution < -0.4 is 0 Å². The second-order valence-corrected chi connectivity index (χ2v) is 11.0. The van der Waals surface area contributed by atoms with Gasteiger partial charge in [0.2, 0.25) is 5.91 Å². The lowest BCUT2D eigenvalue weighted by molar-refractivity contribution is -0.135. The number of piperidine rings is 1. The lowest BCUT2D eigenvalue weighted by Gasteiger charge is -2.36. The molecule has 0 bridgehead atoms. The highest BCUT2D eigenvalue weighted by atomic mass is 16.2. The number of fused-ring (bicyclic) bond motifs is 1. The molecule has 6 rings (SSSR count). The van der Waals surface area contributed by atoms with Crippen LogP contribution >= 0.6 is 0 Å². The number of carbonyl (C=O) groups excluding carboxylic acids is 2. The summed E-state index contributed by atoms with van der Waals surface area (Å²) in [7, 11) is 1.97. The van der Waals surface area contributed by atoms with E-state index in [4.69, 9.17) is 0 Å². The van der Waals surface area contributed by atoms with Gasteiger partial charge in [0.15, 0.2) is 0 Å². The fraction of sp³-hybridized carbons (Fsp3) is 0.419. The molecule has 2 amide bonds. The third-order valence-electron chi connectivity index (χ3n) is 8.86. The summed E-state index contributed by atoms with van der Waals surface area (Å²) >= 11 is 0. The maximum absolute atomic E-state index is 13.3. The zero-order valence-electron chi connectivity index (χ0n) is 21.7. The third-order valence-corrected chi connectivity index (χ3v) is 8.86. The Kier molecular flexibility index (Phi) is 6.37. The van der Waals surface area contributed by atoms with Crippen molar-refractivity contribution in [2.24, 2.45) is 18.4 Å². The van der Waals surface area contributed by atoms with Crippen molar-refractivity contribution in [1.29, 1.82) is 0 Å². The smallest absolute Gasteiger partial charge is 0.270 e. The van der Waals surface area contributed by atoms with E-state index in [0.717, 1.165) is 81.7 Å². The predicted molar refractivity (Wildman–Crippen MR) is 147 cm³/mol. The Morgan fingerprint density at radius 2 is 1.59 bits per heavy atom. The normalized spacial score (nSPS) is 21.7. The molecule has 6 heteroatoms. The van der Waals surface area contributed by atoms with Gasteiger partial charge in [0.05, 0.1) is 0 Å². The van der Waals surface area contributed by atoms with Crippen LogP contribution in [-0.2, 0) is 11.8 Å². The van der Waals surface area contributed by atoms with Gasteiger partial charge in [0.1, 0.15) is 5.69 Å². The molecule has 192 valence electrons. The molecule has 2 saturated heterocycles. The summed E-state index contributed by atoms with van der Waals surface area (Å²) in [4.78, 5) is 33.1. The number of aryl methyl sites for hydroxylation is 1. The monoisotopic (exact) mass is 496 g/mol. The summed E-state index contributed by atoms with van der Waals surface area (Å²) < 4.78 is 2.00. The van der Waals surface area contributed by atoms with Gasteiger partial charge in [-0.1, -0.05) is 60.7 Å². The number of aromatic nitrogens is 1. The van der Waals surface area contributed by atoms with E-state index in [1.54, 1.807) is 0 Å². The Morgan fingerprint density at radius 3 is 2.32 bits per heavy atom. The molecule has 2 aliphatic heterocycles. The van der Waals surface area contributed by atoms with Gasteiger partial charge in [-0.25, -0.2) is 0 Å². The van der Waals surface area contributed by atoms with E-state index in [-0.39, 0.29) is 17.2 Å². The summed E-state index contributed by atoms with van der Waals surface area (Å²) in [6.07, 6.45) is 7.24. The van der Waals surface area contributed by atoms with Crippen molar-refractivity contribution in [2.75, 3.05) is 45.8 Å². The molecule has 37 heavy (non-hydrogen) atoms. The van der Waals surface area contributed by atoms with Gasteiger partial charge in [0, 0.05) is 69.7 Å². The Hall–Kier alpha value is -3.38. The topological polar surface area (TPSA) is 48.8 Å². The van der Waals surface area contributed by atoms with Crippen LogP contribution in [0.3, 0.4) is 0 Å². The first-order valence-electron chi connectivity index (χ1n) is 13.6. The van der Waals surface area contributed by atoms with Gasteiger partial charge in [-0.2, -0.15) is 0 Å². The van der Waals surface area contributed by atoms with Gasteiger partial charge in [0.25, 0.3) is 5.91 Å². The minimum Gasteiger partial charge on any atom is -0.340 e. The molecule has 0 unspecified atom stereocenters. The Labute approximate surface area is 219 Å². The van der Waals surface area contributed by atoms with Crippen molar-refractivity contribution < 1.29 is 9.59 Å². The Morgan fingerprint density at radius 1 is 0.892 bits per heavy atom. The number of piperazine rings is 1. The summed E-state index contributed by atoms with van der Waals surface area (Å²) in [6, 6.07) is 20.5. The van der Waals surface area contributed by atoms with Crippen LogP contribution in [-0.4, -0.2) is 76.9 Å². The maximum Gasteiger partial charge on any atom is 0.270 e. The van der Waals surface area contributed by atoms with E-state index >= 15 is 0 Å². The molecule has 1 saturated carbocycles. The van der Waals surface area contributed by atoms with Gasteiger partial charge in [-0.3, -0.25) is 14.5 Å².